The van der Waals surface area contributed by atoms with Crippen molar-refractivity contribution in [2.24, 2.45) is 0 Å². The van der Waals surface area contributed by atoms with Crippen molar-refractivity contribution in [1.29, 1.82) is 0 Å². The molecule has 0 saturated carbocycles. The van der Waals surface area contributed by atoms with Crippen LogP contribution in [0.4, 0.5) is 0 Å². The summed E-state index contributed by atoms with van der Waals surface area (Å²) in [6.07, 6.45) is 2.38. The molecule has 2 aromatic rings. The van der Waals surface area contributed by atoms with Crippen LogP contribution in [0.1, 0.15) is 16.9 Å². The molecule has 0 aliphatic heterocycles. The molecular weight excluding hydrogens is 270 g/mol. The van der Waals surface area contributed by atoms with Crippen LogP contribution < -0.4 is 5.32 Å². The lowest BCUT2D eigenvalue weighted by molar-refractivity contribution is 0.575. The molecule has 1 nitrogen and oxygen atoms in total. The van der Waals surface area contributed by atoms with Crippen molar-refractivity contribution in [2.45, 2.75) is 30.7 Å². The van der Waals surface area contributed by atoms with E-state index in [1.54, 1.807) is 0 Å². The maximum absolute atomic E-state index is 3.44. The molecule has 1 aromatic heterocycles. The molecule has 0 radical (unpaired) electrons. The Labute approximate surface area is 124 Å². The number of hydrogen-bond donors (Lipinski definition) is 1. The van der Waals surface area contributed by atoms with Crippen LogP contribution in [0.3, 0.4) is 0 Å². The summed E-state index contributed by atoms with van der Waals surface area (Å²) < 4.78 is 0. The van der Waals surface area contributed by atoms with E-state index in [2.05, 4.69) is 61.1 Å². The van der Waals surface area contributed by atoms with Crippen LogP contribution in [0.5, 0.6) is 0 Å². The molecule has 0 amide bonds. The Morgan fingerprint density at radius 3 is 2.74 bits per heavy atom. The first-order chi connectivity index (χ1) is 9.29. The molecule has 0 aliphatic rings. The molecule has 3 heteroatoms. The van der Waals surface area contributed by atoms with Crippen LogP contribution in [0.15, 0.2) is 46.7 Å². The lowest BCUT2D eigenvalue weighted by Crippen LogP contribution is -2.28. The molecule has 1 N–H and O–H groups in total. The SMILES string of the molecule is CNC(CCc1cccs1)CSc1ccccc1C. The Morgan fingerprint density at radius 2 is 2.05 bits per heavy atom. The summed E-state index contributed by atoms with van der Waals surface area (Å²) in [5.74, 6) is 1.13. The van der Waals surface area contributed by atoms with E-state index in [1.165, 1.54) is 28.2 Å². The average Bonchev–Trinajstić information content (AvgIpc) is 2.94. The van der Waals surface area contributed by atoms with Crippen molar-refractivity contribution in [3.63, 3.8) is 0 Å². The zero-order chi connectivity index (χ0) is 13.5. The van der Waals surface area contributed by atoms with E-state index in [0.29, 0.717) is 6.04 Å². The topological polar surface area (TPSA) is 12.0 Å². The summed E-state index contributed by atoms with van der Waals surface area (Å²) in [6.45, 7) is 2.18. The van der Waals surface area contributed by atoms with Gasteiger partial charge in [-0.1, -0.05) is 24.3 Å². The van der Waals surface area contributed by atoms with Gasteiger partial charge in [-0.25, -0.2) is 0 Å². The third-order valence-corrected chi connectivity index (χ3v) is 5.54. The van der Waals surface area contributed by atoms with Gasteiger partial charge in [-0.15, -0.1) is 23.1 Å². The minimum absolute atomic E-state index is 0.576. The molecular formula is C16H21NS2. The van der Waals surface area contributed by atoms with Gasteiger partial charge < -0.3 is 5.32 Å². The van der Waals surface area contributed by atoms with Crippen molar-refractivity contribution in [2.75, 3.05) is 12.8 Å². The van der Waals surface area contributed by atoms with Crippen LogP contribution in [0.2, 0.25) is 0 Å². The Bertz CT molecular complexity index is 479. The van der Waals surface area contributed by atoms with E-state index in [1.807, 2.05) is 23.1 Å². The van der Waals surface area contributed by atoms with Crippen molar-refractivity contribution >= 4 is 23.1 Å². The molecule has 1 heterocycles. The van der Waals surface area contributed by atoms with E-state index in [-0.39, 0.29) is 0 Å². The normalized spacial score (nSPS) is 12.5. The second-order valence-corrected chi connectivity index (χ2v) is 6.77. The van der Waals surface area contributed by atoms with E-state index in [4.69, 9.17) is 0 Å². The smallest absolute Gasteiger partial charge is 0.0162 e. The van der Waals surface area contributed by atoms with Gasteiger partial charge in [0.2, 0.25) is 0 Å². The van der Waals surface area contributed by atoms with Crippen molar-refractivity contribution < 1.29 is 0 Å². The largest absolute Gasteiger partial charge is 0.316 e. The molecule has 1 atom stereocenters. The molecule has 0 spiro atoms. The number of benzene rings is 1. The molecule has 1 unspecified atom stereocenters. The maximum Gasteiger partial charge on any atom is 0.0162 e. The van der Waals surface area contributed by atoms with E-state index >= 15 is 0 Å². The van der Waals surface area contributed by atoms with Gasteiger partial charge in [0.05, 0.1) is 0 Å². The predicted molar refractivity (Wildman–Crippen MR) is 87.4 cm³/mol. The highest BCUT2D eigenvalue weighted by molar-refractivity contribution is 7.99. The lowest BCUT2D eigenvalue weighted by Gasteiger charge is -2.16. The van der Waals surface area contributed by atoms with Gasteiger partial charge in [-0.3, -0.25) is 0 Å². The summed E-state index contributed by atoms with van der Waals surface area (Å²) in [4.78, 5) is 2.89. The first kappa shape index (κ1) is 14.6. The summed E-state index contributed by atoms with van der Waals surface area (Å²) in [6, 6.07) is 13.6. The van der Waals surface area contributed by atoms with Gasteiger partial charge in [0.15, 0.2) is 0 Å². The third-order valence-electron chi connectivity index (χ3n) is 3.26. The number of rotatable bonds is 7. The van der Waals surface area contributed by atoms with Crippen LogP contribution in [0, 0.1) is 6.92 Å². The first-order valence-electron chi connectivity index (χ1n) is 6.67. The van der Waals surface area contributed by atoms with Crippen molar-refractivity contribution in [3.05, 3.63) is 52.2 Å². The molecule has 1 aromatic carbocycles. The maximum atomic E-state index is 3.44. The van der Waals surface area contributed by atoms with E-state index in [0.717, 1.165) is 5.75 Å². The highest BCUT2D eigenvalue weighted by atomic mass is 32.2. The van der Waals surface area contributed by atoms with Gasteiger partial charge >= 0.3 is 0 Å². The van der Waals surface area contributed by atoms with Gasteiger partial charge in [0, 0.05) is 21.6 Å². The predicted octanol–water partition coefficient (Wildman–Crippen LogP) is 4.37. The zero-order valence-electron chi connectivity index (χ0n) is 11.6. The summed E-state index contributed by atoms with van der Waals surface area (Å²) in [5.41, 5.74) is 1.38. The van der Waals surface area contributed by atoms with E-state index < -0.39 is 0 Å². The Hall–Kier alpha value is -0.770. The second kappa shape index (κ2) is 7.73. The third kappa shape index (κ3) is 4.68. The van der Waals surface area contributed by atoms with Crippen LogP contribution in [0.25, 0.3) is 0 Å². The van der Waals surface area contributed by atoms with Crippen LogP contribution >= 0.6 is 23.1 Å². The molecule has 0 fully saturated rings. The monoisotopic (exact) mass is 291 g/mol. The molecule has 0 aliphatic carbocycles. The number of aryl methyl sites for hydroxylation is 2. The quantitative estimate of drug-likeness (QED) is 0.760. The molecule has 102 valence electrons. The van der Waals surface area contributed by atoms with Gasteiger partial charge in [0.1, 0.15) is 0 Å². The van der Waals surface area contributed by atoms with Crippen molar-refractivity contribution in [3.8, 4) is 0 Å². The Balaban J connectivity index is 1.81. The zero-order valence-corrected chi connectivity index (χ0v) is 13.2. The highest BCUT2D eigenvalue weighted by Gasteiger charge is 2.08. The van der Waals surface area contributed by atoms with Gasteiger partial charge in [0.25, 0.3) is 0 Å². The highest BCUT2D eigenvalue weighted by Crippen LogP contribution is 2.23. The number of nitrogens with one attached hydrogen (secondary N) is 1. The molecule has 0 bridgehead atoms. The molecule has 19 heavy (non-hydrogen) atoms. The first-order valence-corrected chi connectivity index (χ1v) is 8.54. The van der Waals surface area contributed by atoms with E-state index in [9.17, 15) is 0 Å². The summed E-state index contributed by atoms with van der Waals surface area (Å²) in [7, 11) is 2.07. The van der Waals surface area contributed by atoms with Gasteiger partial charge in [-0.05, 0) is 49.9 Å². The number of thiophene rings is 1. The summed E-state index contributed by atoms with van der Waals surface area (Å²) >= 11 is 3.82. The molecule has 0 saturated heterocycles. The fourth-order valence-corrected chi connectivity index (χ4v) is 3.90. The minimum atomic E-state index is 0.576. The average molecular weight is 291 g/mol. The Kier molecular flexibility index (Phi) is 5.95. The summed E-state index contributed by atoms with van der Waals surface area (Å²) in [5, 5.41) is 5.60. The lowest BCUT2D eigenvalue weighted by atomic mass is 10.1. The Morgan fingerprint density at radius 1 is 1.21 bits per heavy atom. The fourth-order valence-electron chi connectivity index (χ4n) is 1.99. The van der Waals surface area contributed by atoms with Crippen molar-refractivity contribution in [1.82, 2.24) is 5.32 Å². The van der Waals surface area contributed by atoms with Crippen LogP contribution in [-0.4, -0.2) is 18.8 Å². The minimum Gasteiger partial charge on any atom is -0.316 e. The second-order valence-electron chi connectivity index (χ2n) is 4.68. The van der Waals surface area contributed by atoms with Gasteiger partial charge in [-0.2, -0.15) is 0 Å². The number of hydrogen-bond acceptors (Lipinski definition) is 3. The number of thioether (sulfide) groups is 1. The molecule has 2 rings (SSSR count). The van der Waals surface area contributed by atoms with Crippen LogP contribution in [-0.2, 0) is 6.42 Å². The standard InChI is InChI=1S/C16H21NS2/c1-13-6-3-4-8-16(13)19-12-14(17-2)9-10-15-7-5-11-18-15/h3-8,11,14,17H,9-10,12H2,1-2H3. The fraction of sp³-hybridized carbons (Fsp3) is 0.375.